The Morgan fingerprint density at radius 1 is 0.960 bits per heavy atom. The third-order valence-corrected chi connectivity index (χ3v) is 4.73. The molecule has 0 aliphatic carbocycles. The third-order valence-electron chi connectivity index (χ3n) is 4.73. The minimum absolute atomic E-state index is 0.147. The first-order valence-corrected chi connectivity index (χ1v) is 8.90. The smallest absolute Gasteiger partial charge is 0.254 e. The average Bonchev–Trinajstić information content (AvgIpc) is 2.64. The summed E-state index contributed by atoms with van der Waals surface area (Å²) in [5.74, 6) is 1.06. The van der Waals surface area contributed by atoms with Crippen molar-refractivity contribution in [2.24, 2.45) is 0 Å². The van der Waals surface area contributed by atoms with Gasteiger partial charge in [-0.25, -0.2) is 0 Å². The van der Waals surface area contributed by atoms with Crippen molar-refractivity contribution >= 4 is 5.91 Å². The Bertz CT molecular complexity index is 704. The molecule has 1 saturated heterocycles. The third kappa shape index (κ3) is 4.60. The van der Waals surface area contributed by atoms with Crippen LogP contribution >= 0.6 is 0 Å². The van der Waals surface area contributed by atoms with E-state index in [0.717, 1.165) is 49.6 Å². The highest BCUT2D eigenvalue weighted by Gasteiger charge is 2.22. The molecule has 4 nitrogen and oxygen atoms in total. The summed E-state index contributed by atoms with van der Waals surface area (Å²) in [5.41, 5.74) is 3.10. The number of piperazine rings is 1. The first-order chi connectivity index (χ1) is 12.1. The van der Waals surface area contributed by atoms with E-state index in [1.807, 2.05) is 48.2 Å². The van der Waals surface area contributed by atoms with Crippen LogP contribution in [0.5, 0.6) is 5.75 Å². The normalized spacial score (nSPS) is 15.2. The fourth-order valence-corrected chi connectivity index (χ4v) is 3.08. The van der Waals surface area contributed by atoms with Gasteiger partial charge in [-0.15, -0.1) is 0 Å². The summed E-state index contributed by atoms with van der Waals surface area (Å²) in [7, 11) is 0. The fourth-order valence-electron chi connectivity index (χ4n) is 3.08. The van der Waals surface area contributed by atoms with Gasteiger partial charge in [-0.3, -0.25) is 9.69 Å². The molecule has 4 heteroatoms. The summed E-state index contributed by atoms with van der Waals surface area (Å²) in [5, 5.41) is 0. The Kier molecular flexibility index (Phi) is 5.71. The van der Waals surface area contributed by atoms with Gasteiger partial charge in [0.05, 0.1) is 0 Å². The van der Waals surface area contributed by atoms with Crippen LogP contribution in [0.1, 0.15) is 21.5 Å². The zero-order valence-corrected chi connectivity index (χ0v) is 15.1. The number of hydrogen-bond acceptors (Lipinski definition) is 3. The maximum atomic E-state index is 12.6. The van der Waals surface area contributed by atoms with Crippen LogP contribution in [0.3, 0.4) is 0 Å². The molecule has 0 N–H and O–H groups in total. The van der Waals surface area contributed by atoms with Gasteiger partial charge in [-0.2, -0.15) is 0 Å². The van der Waals surface area contributed by atoms with Crippen LogP contribution in [-0.4, -0.2) is 55.0 Å². The minimum atomic E-state index is 0.147. The van der Waals surface area contributed by atoms with Gasteiger partial charge in [-0.1, -0.05) is 35.9 Å². The monoisotopic (exact) mass is 338 g/mol. The number of aryl methyl sites for hydroxylation is 2. The van der Waals surface area contributed by atoms with E-state index in [9.17, 15) is 4.79 Å². The topological polar surface area (TPSA) is 32.8 Å². The van der Waals surface area contributed by atoms with Crippen molar-refractivity contribution in [1.82, 2.24) is 9.80 Å². The van der Waals surface area contributed by atoms with Crippen LogP contribution in [-0.2, 0) is 0 Å². The molecular formula is C21H26N2O2. The standard InChI is InChI=1S/C21H26N2O2/c1-17-7-9-19(10-8-17)25-16-15-22-11-13-23(14-12-22)21(24)20-6-4-3-5-18(20)2/h3-10H,11-16H2,1-2H3. The highest BCUT2D eigenvalue weighted by Crippen LogP contribution is 2.14. The van der Waals surface area contributed by atoms with E-state index in [-0.39, 0.29) is 5.91 Å². The number of amides is 1. The van der Waals surface area contributed by atoms with Gasteiger partial charge in [0.15, 0.2) is 0 Å². The molecule has 2 aromatic rings. The van der Waals surface area contributed by atoms with E-state index in [1.54, 1.807) is 0 Å². The SMILES string of the molecule is Cc1ccc(OCCN2CCN(C(=O)c3ccccc3C)CC2)cc1. The molecule has 0 bridgehead atoms. The molecule has 25 heavy (non-hydrogen) atoms. The van der Waals surface area contributed by atoms with E-state index in [4.69, 9.17) is 4.74 Å². The number of rotatable bonds is 5. The van der Waals surface area contributed by atoms with Crippen molar-refractivity contribution in [2.45, 2.75) is 13.8 Å². The van der Waals surface area contributed by atoms with Crippen LogP contribution in [0, 0.1) is 13.8 Å². The second-order valence-corrected chi connectivity index (χ2v) is 6.61. The van der Waals surface area contributed by atoms with Gasteiger partial charge in [0.2, 0.25) is 0 Å². The Hall–Kier alpha value is -2.33. The highest BCUT2D eigenvalue weighted by atomic mass is 16.5. The quantitative estimate of drug-likeness (QED) is 0.840. The van der Waals surface area contributed by atoms with Crippen LogP contribution in [0.25, 0.3) is 0 Å². The second-order valence-electron chi connectivity index (χ2n) is 6.61. The summed E-state index contributed by atoms with van der Waals surface area (Å²) < 4.78 is 5.80. The van der Waals surface area contributed by atoms with Gasteiger partial charge in [0.25, 0.3) is 5.91 Å². The fraction of sp³-hybridized carbons (Fsp3) is 0.381. The lowest BCUT2D eigenvalue weighted by Gasteiger charge is -2.34. The molecule has 1 amide bonds. The van der Waals surface area contributed by atoms with Gasteiger partial charge in [0.1, 0.15) is 12.4 Å². The number of ether oxygens (including phenoxy) is 1. The number of nitrogens with zero attached hydrogens (tertiary/aromatic N) is 2. The zero-order chi connectivity index (χ0) is 17.6. The summed E-state index contributed by atoms with van der Waals surface area (Å²) in [6.45, 7) is 8.97. The lowest BCUT2D eigenvalue weighted by Crippen LogP contribution is -2.49. The van der Waals surface area contributed by atoms with E-state index >= 15 is 0 Å². The van der Waals surface area contributed by atoms with Crippen molar-refractivity contribution in [2.75, 3.05) is 39.3 Å². The molecule has 0 unspecified atom stereocenters. The second kappa shape index (κ2) is 8.17. The van der Waals surface area contributed by atoms with Crippen molar-refractivity contribution < 1.29 is 9.53 Å². The lowest BCUT2D eigenvalue weighted by atomic mass is 10.1. The van der Waals surface area contributed by atoms with Gasteiger partial charge in [-0.05, 0) is 37.6 Å². The molecule has 132 valence electrons. The van der Waals surface area contributed by atoms with Crippen LogP contribution in [0.2, 0.25) is 0 Å². The van der Waals surface area contributed by atoms with E-state index in [0.29, 0.717) is 6.61 Å². The molecule has 1 fully saturated rings. The molecule has 0 aromatic heterocycles. The largest absolute Gasteiger partial charge is 0.492 e. The molecule has 0 spiro atoms. The zero-order valence-electron chi connectivity index (χ0n) is 15.1. The molecule has 2 aromatic carbocycles. The lowest BCUT2D eigenvalue weighted by molar-refractivity contribution is 0.0619. The molecule has 0 radical (unpaired) electrons. The van der Waals surface area contributed by atoms with Crippen molar-refractivity contribution in [3.63, 3.8) is 0 Å². The maximum Gasteiger partial charge on any atom is 0.254 e. The van der Waals surface area contributed by atoms with Crippen LogP contribution < -0.4 is 4.74 Å². The van der Waals surface area contributed by atoms with Crippen molar-refractivity contribution in [3.8, 4) is 5.75 Å². The van der Waals surface area contributed by atoms with E-state index in [2.05, 4.69) is 24.0 Å². The van der Waals surface area contributed by atoms with E-state index < -0.39 is 0 Å². The van der Waals surface area contributed by atoms with Gasteiger partial charge in [0, 0.05) is 38.3 Å². The Balaban J connectivity index is 1.43. The predicted molar refractivity (Wildman–Crippen MR) is 100 cm³/mol. The molecule has 0 saturated carbocycles. The number of carbonyl (C=O) groups excluding carboxylic acids is 1. The number of benzene rings is 2. The number of carbonyl (C=O) groups is 1. The summed E-state index contributed by atoms with van der Waals surface area (Å²) in [4.78, 5) is 17.0. The van der Waals surface area contributed by atoms with Gasteiger partial charge < -0.3 is 9.64 Å². The summed E-state index contributed by atoms with van der Waals surface area (Å²) in [6, 6.07) is 15.9. The molecule has 1 aliphatic rings. The maximum absolute atomic E-state index is 12.6. The Morgan fingerprint density at radius 2 is 1.64 bits per heavy atom. The molecular weight excluding hydrogens is 312 g/mol. The minimum Gasteiger partial charge on any atom is -0.492 e. The van der Waals surface area contributed by atoms with Crippen LogP contribution in [0.4, 0.5) is 0 Å². The summed E-state index contributed by atoms with van der Waals surface area (Å²) >= 11 is 0. The highest BCUT2D eigenvalue weighted by molar-refractivity contribution is 5.95. The summed E-state index contributed by atoms with van der Waals surface area (Å²) in [6.07, 6.45) is 0. The van der Waals surface area contributed by atoms with E-state index in [1.165, 1.54) is 5.56 Å². The average molecular weight is 338 g/mol. The van der Waals surface area contributed by atoms with Crippen molar-refractivity contribution in [1.29, 1.82) is 0 Å². The van der Waals surface area contributed by atoms with Crippen molar-refractivity contribution in [3.05, 3.63) is 65.2 Å². The number of hydrogen-bond donors (Lipinski definition) is 0. The van der Waals surface area contributed by atoms with Crippen LogP contribution in [0.15, 0.2) is 48.5 Å². The molecule has 3 rings (SSSR count). The molecule has 1 heterocycles. The first kappa shape index (κ1) is 17.5. The van der Waals surface area contributed by atoms with Gasteiger partial charge >= 0.3 is 0 Å². The Labute approximate surface area is 150 Å². The first-order valence-electron chi connectivity index (χ1n) is 8.90. The predicted octanol–water partition coefficient (Wildman–Crippen LogP) is 3.14. The molecule has 1 aliphatic heterocycles. The molecule has 0 atom stereocenters. The Morgan fingerprint density at radius 3 is 2.32 bits per heavy atom.